The van der Waals surface area contributed by atoms with E-state index in [-0.39, 0.29) is 6.29 Å². The van der Waals surface area contributed by atoms with E-state index < -0.39 is 0 Å². The molecule has 0 aromatic heterocycles. The van der Waals surface area contributed by atoms with E-state index in [4.69, 9.17) is 17.3 Å². The molecule has 0 bridgehead atoms. The minimum atomic E-state index is 0.0253. The Morgan fingerprint density at radius 1 is 1.50 bits per heavy atom. The van der Waals surface area contributed by atoms with Gasteiger partial charge < -0.3 is 9.47 Å². The standard InChI is InChI=1S/C7H13BO2/c8-4-6-10-7-3-1-2-5-9-7/h7H,1-6H2. The lowest BCUT2D eigenvalue weighted by atomic mass is 10.1. The summed E-state index contributed by atoms with van der Waals surface area (Å²) in [7, 11) is 5.27. The summed E-state index contributed by atoms with van der Waals surface area (Å²) in [5.74, 6) is 0. The second-order valence-electron chi connectivity index (χ2n) is 2.46. The predicted octanol–water partition coefficient (Wildman–Crippen LogP) is 1.12. The number of rotatable bonds is 3. The first-order valence-electron chi connectivity index (χ1n) is 3.87. The highest BCUT2D eigenvalue weighted by Crippen LogP contribution is 2.13. The van der Waals surface area contributed by atoms with Gasteiger partial charge in [-0.05, 0) is 19.3 Å². The Kier molecular flexibility index (Phi) is 3.84. The first-order valence-corrected chi connectivity index (χ1v) is 3.87. The summed E-state index contributed by atoms with van der Waals surface area (Å²) in [5, 5.41) is 0. The zero-order valence-corrected chi connectivity index (χ0v) is 6.21. The van der Waals surface area contributed by atoms with Crippen molar-refractivity contribution < 1.29 is 9.47 Å². The predicted molar refractivity (Wildman–Crippen MR) is 40.1 cm³/mol. The Morgan fingerprint density at radius 3 is 3.00 bits per heavy atom. The average molecular weight is 140 g/mol. The summed E-state index contributed by atoms with van der Waals surface area (Å²) in [4.78, 5) is 0. The number of hydrogen-bond donors (Lipinski definition) is 0. The van der Waals surface area contributed by atoms with Crippen molar-refractivity contribution in [3.8, 4) is 0 Å². The lowest BCUT2D eigenvalue weighted by Crippen LogP contribution is -2.22. The van der Waals surface area contributed by atoms with Gasteiger partial charge in [-0.1, -0.05) is 6.32 Å². The van der Waals surface area contributed by atoms with Crippen molar-refractivity contribution in [1.82, 2.24) is 0 Å². The Labute approximate surface area is 63.3 Å². The van der Waals surface area contributed by atoms with Crippen molar-refractivity contribution in [2.24, 2.45) is 0 Å². The van der Waals surface area contributed by atoms with Crippen LogP contribution in [0.1, 0.15) is 19.3 Å². The molecule has 1 fully saturated rings. The molecule has 0 aromatic rings. The SMILES string of the molecule is [B]CCOC1CCCCO1. The molecule has 0 N–H and O–H groups in total. The summed E-state index contributed by atoms with van der Waals surface area (Å²) in [6, 6.07) is 0. The van der Waals surface area contributed by atoms with Gasteiger partial charge in [-0.25, -0.2) is 0 Å². The molecule has 3 heteroatoms. The largest absolute Gasteiger partial charge is 0.353 e. The molecule has 1 unspecified atom stereocenters. The molecule has 0 amide bonds. The van der Waals surface area contributed by atoms with Crippen LogP contribution in [0, 0.1) is 0 Å². The van der Waals surface area contributed by atoms with Gasteiger partial charge in [-0.15, -0.1) is 0 Å². The van der Waals surface area contributed by atoms with E-state index in [0.717, 1.165) is 13.0 Å². The molecule has 1 aliphatic heterocycles. The molecule has 1 atom stereocenters. The monoisotopic (exact) mass is 140 g/mol. The van der Waals surface area contributed by atoms with Gasteiger partial charge in [0.15, 0.2) is 6.29 Å². The maximum atomic E-state index is 5.30. The van der Waals surface area contributed by atoms with Gasteiger partial charge >= 0.3 is 0 Å². The highest BCUT2D eigenvalue weighted by atomic mass is 16.7. The molecule has 10 heavy (non-hydrogen) atoms. The van der Waals surface area contributed by atoms with Crippen molar-refractivity contribution in [2.45, 2.75) is 31.9 Å². The Hall–Kier alpha value is -0.0151. The van der Waals surface area contributed by atoms with Gasteiger partial charge in [0.1, 0.15) is 0 Å². The highest BCUT2D eigenvalue weighted by molar-refractivity contribution is 6.08. The van der Waals surface area contributed by atoms with E-state index in [1.807, 2.05) is 0 Å². The van der Waals surface area contributed by atoms with Crippen LogP contribution >= 0.6 is 0 Å². The molecule has 0 spiro atoms. The van der Waals surface area contributed by atoms with E-state index in [9.17, 15) is 0 Å². The van der Waals surface area contributed by atoms with Crippen molar-refractivity contribution in [2.75, 3.05) is 13.2 Å². The summed E-state index contributed by atoms with van der Waals surface area (Å²) < 4.78 is 10.6. The van der Waals surface area contributed by atoms with E-state index in [0.29, 0.717) is 12.9 Å². The lowest BCUT2D eigenvalue weighted by molar-refractivity contribution is -0.159. The Bertz CT molecular complexity index is 81.7. The molecular weight excluding hydrogens is 127 g/mol. The van der Waals surface area contributed by atoms with Crippen LogP contribution < -0.4 is 0 Å². The van der Waals surface area contributed by atoms with E-state index in [2.05, 4.69) is 0 Å². The fourth-order valence-corrected chi connectivity index (χ4v) is 1.04. The first-order chi connectivity index (χ1) is 4.93. The minimum Gasteiger partial charge on any atom is -0.353 e. The van der Waals surface area contributed by atoms with Crippen LogP contribution in [0.3, 0.4) is 0 Å². The van der Waals surface area contributed by atoms with E-state index in [1.165, 1.54) is 12.8 Å². The lowest BCUT2D eigenvalue weighted by Gasteiger charge is -2.22. The van der Waals surface area contributed by atoms with Crippen LogP contribution in [-0.4, -0.2) is 27.4 Å². The molecule has 1 heterocycles. The summed E-state index contributed by atoms with van der Waals surface area (Å²) in [6.07, 6.45) is 4.02. The molecule has 2 nitrogen and oxygen atoms in total. The molecule has 1 aliphatic rings. The second-order valence-corrected chi connectivity index (χ2v) is 2.46. The van der Waals surface area contributed by atoms with Crippen LogP contribution in [0.4, 0.5) is 0 Å². The van der Waals surface area contributed by atoms with Crippen molar-refractivity contribution >= 4 is 7.85 Å². The molecule has 1 rings (SSSR count). The van der Waals surface area contributed by atoms with Gasteiger partial charge in [0.2, 0.25) is 0 Å². The summed E-state index contributed by atoms with van der Waals surface area (Å²) in [6.45, 7) is 1.46. The number of hydrogen-bond acceptors (Lipinski definition) is 2. The fraction of sp³-hybridized carbons (Fsp3) is 1.00. The van der Waals surface area contributed by atoms with Gasteiger partial charge in [-0.3, -0.25) is 0 Å². The van der Waals surface area contributed by atoms with Crippen LogP contribution in [0.25, 0.3) is 0 Å². The van der Waals surface area contributed by atoms with E-state index in [1.54, 1.807) is 0 Å². The zero-order valence-electron chi connectivity index (χ0n) is 6.21. The van der Waals surface area contributed by atoms with E-state index >= 15 is 0 Å². The molecule has 0 aliphatic carbocycles. The van der Waals surface area contributed by atoms with Crippen molar-refractivity contribution in [3.05, 3.63) is 0 Å². The van der Waals surface area contributed by atoms with Crippen LogP contribution in [0.2, 0.25) is 6.32 Å². The van der Waals surface area contributed by atoms with Gasteiger partial charge in [0.25, 0.3) is 0 Å². The summed E-state index contributed by atoms with van der Waals surface area (Å²) >= 11 is 0. The van der Waals surface area contributed by atoms with Crippen molar-refractivity contribution in [1.29, 1.82) is 0 Å². The third-order valence-corrected chi connectivity index (χ3v) is 1.56. The van der Waals surface area contributed by atoms with Crippen molar-refractivity contribution in [3.63, 3.8) is 0 Å². The third kappa shape index (κ3) is 2.71. The second kappa shape index (κ2) is 4.75. The Morgan fingerprint density at radius 2 is 2.40 bits per heavy atom. The first kappa shape index (κ1) is 8.09. The Balaban J connectivity index is 2.02. The normalized spacial score (nSPS) is 26.6. The molecular formula is C7H13BO2. The minimum absolute atomic E-state index is 0.0253. The van der Waals surface area contributed by atoms with Gasteiger partial charge in [0.05, 0.1) is 7.85 Å². The molecule has 56 valence electrons. The highest BCUT2D eigenvalue weighted by Gasteiger charge is 2.12. The molecule has 0 aromatic carbocycles. The molecule has 1 saturated heterocycles. The smallest absolute Gasteiger partial charge is 0.157 e. The zero-order chi connectivity index (χ0) is 7.23. The molecule has 0 saturated carbocycles. The van der Waals surface area contributed by atoms with Crippen LogP contribution in [-0.2, 0) is 9.47 Å². The maximum Gasteiger partial charge on any atom is 0.157 e. The summed E-state index contributed by atoms with van der Waals surface area (Å²) in [5.41, 5.74) is 0. The fourth-order valence-electron chi connectivity index (χ4n) is 1.04. The number of ether oxygens (including phenoxy) is 2. The van der Waals surface area contributed by atoms with Crippen LogP contribution in [0.5, 0.6) is 0 Å². The third-order valence-electron chi connectivity index (χ3n) is 1.56. The topological polar surface area (TPSA) is 18.5 Å². The quantitative estimate of drug-likeness (QED) is 0.546. The maximum absolute atomic E-state index is 5.30. The van der Waals surface area contributed by atoms with Crippen LogP contribution in [0.15, 0.2) is 0 Å². The van der Waals surface area contributed by atoms with Gasteiger partial charge in [0, 0.05) is 13.2 Å². The average Bonchev–Trinajstić information content (AvgIpc) is 2.03. The van der Waals surface area contributed by atoms with Gasteiger partial charge in [-0.2, -0.15) is 0 Å². The molecule has 2 radical (unpaired) electrons.